The fraction of sp³-hybridized carbons (Fsp3) is 0.250. The molecule has 212 valence electrons. The summed E-state index contributed by atoms with van der Waals surface area (Å²) in [5.41, 5.74) is -2.52. The van der Waals surface area contributed by atoms with Gasteiger partial charge in [0.1, 0.15) is 11.1 Å². The van der Waals surface area contributed by atoms with Crippen LogP contribution in [0.15, 0.2) is 24.3 Å². The SMILES string of the molecule is COC(=O)c1cc([N+](=O)[O-])c(C(F)(F)F)cc1N.COC(=O)c1cc([N+](=O)[O-])c(C(F)(F)F)cc1NC(C)=O. The summed E-state index contributed by atoms with van der Waals surface area (Å²) in [5.74, 6) is -2.91. The average molecular weight is 570 g/mol. The molecule has 39 heavy (non-hydrogen) atoms. The lowest BCUT2D eigenvalue weighted by Crippen LogP contribution is -2.16. The first kappa shape index (κ1) is 32.1. The number of nitrogens with two attached hydrogens (primary N) is 1. The average Bonchev–Trinajstić information content (AvgIpc) is 2.81. The molecule has 0 heterocycles. The zero-order chi connectivity index (χ0) is 30.5. The van der Waals surface area contributed by atoms with Crippen molar-refractivity contribution in [1.29, 1.82) is 0 Å². The molecule has 3 N–H and O–H groups in total. The minimum absolute atomic E-state index is 0.325. The first-order valence-electron chi connectivity index (χ1n) is 9.75. The zero-order valence-electron chi connectivity index (χ0n) is 19.7. The molecule has 0 aliphatic heterocycles. The molecule has 2 aromatic rings. The minimum Gasteiger partial charge on any atom is -0.465 e. The van der Waals surface area contributed by atoms with Crippen LogP contribution in [0.4, 0.5) is 49.1 Å². The Morgan fingerprint density at radius 3 is 1.54 bits per heavy atom. The van der Waals surface area contributed by atoms with E-state index in [0.717, 1.165) is 21.1 Å². The van der Waals surface area contributed by atoms with Crippen LogP contribution in [0.5, 0.6) is 0 Å². The summed E-state index contributed by atoms with van der Waals surface area (Å²) in [6.45, 7) is 1.01. The maximum absolute atomic E-state index is 12.8. The Balaban J connectivity index is 0.000000395. The van der Waals surface area contributed by atoms with Crippen molar-refractivity contribution >= 4 is 40.6 Å². The highest BCUT2D eigenvalue weighted by Gasteiger charge is 2.41. The van der Waals surface area contributed by atoms with Crippen LogP contribution in [0.1, 0.15) is 38.8 Å². The Kier molecular flexibility index (Phi) is 9.91. The van der Waals surface area contributed by atoms with Crippen LogP contribution < -0.4 is 11.1 Å². The van der Waals surface area contributed by atoms with Gasteiger partial charge in [0.2, 0.25) is 5.91 Å². The van der Waals surface area contributed by atoms with Gasteiger partial charge in [-0.15, -0.1) is 0 Å². The Morgan fingerprint density at radius 1 is 0.795 bits per heavy atom. The van der Waals surface area contributed by atoms with Gasteiger partial charge in [0.05, 0.1) is 40.9 Å². The van der Waals surface area contributed by atoms with Gasteiger partial charge in [0.25, 0.3) is 11.4 Å². The summed E-state index contributed by atoms with van der Waals surface area (Å²) < 4.78 is 84.6. The maximum Gasteiger partial charge on any atom is 0.423 e. The number of hydrogen-bond acceptors (Lipinski definition) is 10. The van der Waals surface area contributed by atoms with Crippen LogP contribution in [0.3, 0.4) is 0 Å². The number of anilines is 2. The highest BCUT2D eigenvalue weighted by Crippen LogP contribution is 2.40. The predicted octanol–water partition coefficient (Wildman–Crippen LogP) is 4.34. The second kappa shape index (κ2) is 12.0. The van der Waals surface area contributed by atoms with E-state index in [9.17, 15) is 61.0 Å². The number of nitro benzene ring substituents is 2. The predicted molar refractivity (Wildman–Crippen MR) is 118 cm³/mol. The molecule has 0 fully saturated rings. The second-order valence-electron chi connectivity index (χ2n) is 7.05. The van der Waals surface area contributed by atoms with Gasteiger partial charge >= 0.3 is 24.3 Å². The van der Waals surface area contributed by atoms with E-state index in [4.69, 9.17) is 5.73 Å². The van der Waals surface area contributed by atoms with Gasteiger partial charge in [-0.2, -0.15) is 26.3 Å². The molecule has 1 amide bonds. The smallest absolute Gasteiger partial charge is 0.423 e. The van der Waals surface area contributed by atoms with Crippen molar-refractivity contribution in [1.82, 2.24) is 0 Å². The maximum atomic E-state index is 12.8. The first-order valence-corrected chi connectivity index (χ1v) is 9.75. The number of nitrogens with zero attached hydrogens (tertiary/aromatic N) is 2. The number of alkyl halides is 6. The number of amides is 1. The van der Waals surface area contributed by atoms with Crippen LogP contribution in [-0.2, 0) is 26.6 Å². The van der Waals surface area contributed by atoms with E-state index in [2.05, 4.69) is 9.47 Å². The van der Waals surface area contributed by atoms with Gasteiger partial charge in [-0.3, -0.25) is 25.0 Å². The molecule has 19 heteroatoms. The Bertz CT molecular complexity index is 1330. The molecule has 0 bridgehead atoms. The molecule has 0 unspecified atom stereocenters. The van der Waals surface area contributed by atoms with Crippen LogP contribution in [0.2, 0.25) is 0 Å². The fourth-order valence-corrected chi connectivity index (χ4v) is 2.81. The number of nitrogens with one attached hydrogen (secondary N) is 1. The third kappa shape index (κ3) is 8.01. The largest absolute Gasteiger partial charge is 0.465 e. The summed E-state index contributed by atoms with van der Waals surface area (Å²) in [6.07, 6.45) is -9.96. The minimum atomic E-state index is -5.02. The molecule has 0 aromatic heterocycles. The number of esters is 2. The van der Waals surface area contributed by atoms with Gasteiger partial charge in [-0.1, -0.05) is 0 Å². The highest BCUT2D eigenvalue weighted by atomic mass is 19.4. The third-order valence-corrected chi connectivity index (χ3v) is 4.43. The Hall–Kier alpha value is -4.97. The number of ether oxygens (including phenoxy) is 2. The molecule has 0 aliphatic rings. The van der Waals surface area contributed by atoms with Crippen molar-refractivity contribution in [2.24, 2.45) is 0 Å². The summed E-state index contributed by atoms with van der Waals surface area (Å²) in [6, 6.07) is 1.53. The molecule has 0 saturated carbocycles. The van der Waals surface area contributed by atoms with Gasteiger partial charge < -0.3 is 20.5 Å². The molecule has 2 aromatic carbocycles. The molecular weight excluding hydrogens is 554 g/mol. The number of methoxy groups -OCH3 is 2. The van der Waals surface area contributed by atoms with E-state index in [1.807, 2.05) is 5.32 Å². The monoisotopic (exact) mass is 570 g/mol. The molecule has 0 atom stereocenters. The highest BCUT2D eigenvalue weighted by molar-refractivity contribution is 6.01. The molecule has 0 radical (unpaired) electrons. The quantitative estimate of drug-likeness (QED) is 0.172. The lowest BCUT2D eigenvalue weighted by molar-refractivity contribution is -0.388. The number of halogens is 6. The molecule has 0 saturated heterocycles. The van der Waals surface area contributed by atoms with Crippen LogP contribution in [0.25, 0.3) is 0 Å². The number of benzene rings is 2. The van der Waals surface area contributed by atoms with Crippen molar-refractivity contribution in [2.75, 3.05) is 25.3 Å². The topological polar surface area (TPSA) is 194 Å². The molecule has 2 rings (SSSR count). The van der Waals surface area contributed by atoms with Crippen molar-refractivity contribution in [2.45, 2.75) is 19.3 Å². The van der Waals surface area contributed by atoms with Crippen molar-refractivity contribution in [3.63, 3.8) is 0 Å². The lowest BCUT2D eigenvalue weighted by Gasteiger charge is -2.13. The zero-order valence-corrected chi connectivity index (χ0v) is 19.7. The molecule has 13 nitrogen and oxygen atoms in total. The normalized spacial score (nSPS) is 11.0. The number of hydrogen-bond donors (Lipinski definition) is 2. The number of nitro groups is 2. The summed E-state index contributed by atoms with van der Waals surface area (Å²) in [7, 11) is 1.93. The van der Waals surface area contributed by atoms with Crippen molar-refractivity contribution in [3.05, 3.63) is 66.7 Å². The fourth-order valence-electron chi connectivity index (χ4n) is 2.81. The van der Waals surface area contributed by atoms with Gasteiger partial charge in [0.15, 0.2) is 0 Å². The Morgan fingerprint density at radius 2 is 1.18 bits per heavy atom. The number of nitrogen functional groups attached to an aromatic ring is 1. The molecular formula is C20H16F6N4O9. The second-order valence-corrected chi connectivity index (χ2v) is 7.05. The third-order valence-electron chi connectivity index (χ3n) is 4.43. The van der Waals surface area contributed by atoms with Gasteiger partial charge in [0, 0.05) is 24.7 Å². The van der Waals surface area contributed by atoms with E-state index in [1.165, 1.54) is 0 Å². The summed E-state index contributed by atoms with van der Waals surface area (Å²) in [5, 5.41) is 23.3. The van der Waals surface area contributed by atoms with E-state index >= 15 is 0 Å². The van der Waals surface area contributed by atoms with Gasteiger partial charge in [-0.05, 0) is 12.1 Å². The number of carbonyl (C=O) groups is 3. The summed E-state index contributed by atoms with van der Waals surface area (Å²) in [4.78, 5) is 52.4. The summed E-state index contributed by atoms with van der Waals surface area (Å²) >= 11 is 0. The van der Waals surface area contributed by atoms with Crippen LogP contribution in [-0.4, -0.2) is 41.9 Å². The standard InChI is InChI=1S/C11H9F3N2O5.C9H7F3N2O4/c1-5(17)15-8-4-7(11(12,13)14)9(16(19)20)3-6(8)10(18)21-2;1-18-8(15)4-2-7(14(16)17)5(3-6(4)13)9(10,11)12/h3-4H,1-2H3,(H,15,17);2-3H,13H2,1H3. The number of carbonyl (C=O) groups excluding carboxylic acids is 3. The van der Waals surface area contributed by atoms with E-state index in [-0.39, 0.29) is 0 Å². The van der Waals surface area contributed by atoms with Gasteiger partial charge in [-0.25, -0.2) is 9.59 Å². The van der Waals surface area contributed by atoms with Crippen LogP contribution in [0, 0.1) is 20.2 Å². The lowest BCUT2D eigenvalue weighted by atomic mass is 10.1. The van der Waals surface area contributed by atoms with E-state index in [1.54, 1.807) is 0 Å². The van der Waals surface area contributed by atoms with Crippen molar-refractivity contribution < 1.29 is 60.0 Å². The first-order chi connectivity index (χ1) is 17.8. The van der Waals surface area contributed by atoms with E-state index in [0.29, 0.717) is 24.3 Å². The molecule has 0 aliphatic carbocycles. The van der Waals surface area contributed by atoms with E-state index < -0.39 is 85.0 Å². The Labute approximate surface area is 212 Å². The number of rotatable bonds is 5. The molecule has 0 spiro atoms. The van der Waals surface area contributed by atoms with Crippen molar-refractivity contribution in [3.8, 4) is 0 Å². The van der Waals surface area contributed by atoms with Crippen LogP contribution >= 0.6 is 0 Å².